The van der Waals surface area contributed by atoms with Crippen molar-refractivity contribution in [1.82, 2.24) is 4.90 Å². The van der Waals surface area contributed by atoms with E-state index in [1.54, 1.807) is 0 Å². The van der Waals surface area contributed by atoms with Gasteiger partial charge in [0.25, 0.3) is 0 Å². The van der Waals surface area contributed by atoms with Crippen LogP contribution in [0.15, 0.2) is 60.7 Å². The monoisotopic (exact) mass is 327 g/mol. The van der Waals surface area contributed by atoms with Gasteiger partial charge in [-0.2, -0.15) is 0 Å². The summed E-state index contributed by atoms with van der Waals surface area (Å²) in [4.78, 5) is 15.1. The zero-order chi connectivity index (χ0) is 15.9. The molecule has 0 aliphatic carbocycles. The third-order valence-corrected chi connectivity index (χ3v) is 4.96. The fraction of sp³-hybridized carbons (Fsp3) is 0.316. The number of rotatable bonds is 5. The molecule has 4 heteroatoms. The molecule has 2 aromatic carbocycles. The maximum absolute atomic E-state index is 12.9. The van der Waals surface area contributed by atoms with Gasteiger partial charge in [-0.15, -0.1) is 0 Å². The van der Waals surface area contributed by atoms with Crippen LogP contribution in [0.2, 0.25) is 0 Å². The van der Waals surface area contributed by atoms with Gasteiger partial charge in [0.15, 0.2) is 0 Å². The summed E-state index contributed by atoms with van der Waals surface area (Å²) < 4.78 is 5.44. The number of morpholine rings is 1. The molecule has 1 aliphatic heterocycles. The molecule has 0 spiro atoms. The highest BCUT2D eigenvalue weighted by Crippen LogP contribution is 2.29. The van der Waals surface area contributed by atoms with Crippen LogP contribution in [0.1, 0.15) is 17.2 Å². The molecule has 3 nitrogen and oxygen atoms in total. The minimum atomic E-state index is -0.186. The molecule has 3 rings (SSSR count). The molecule has 1 aliphatic rings. The van der Waals surface area contributed by atoms with Crippen molar-refractivity contribution in [3.8, 4) is 0 Å². The van der Waals surface area contributed by atoms with E-state index in [4.69, 9.17) is 4.74 Å². The summed E-state index contributed by atoms with van der Waals surface area (Å²) in [5, 5.41) is 0.210. The predicted octanol–water partition coefficient (Wildman–Crippen LogP) is 3.52. The minimum Gasteiger partial charge on any atom is -0.379 e. The lowest BCUT2D eigenvalue weighted by molar-refractivity contribution is -0.117. The quantitative estimate of drug-likeness (QED) is 0.840. The highest BCUT2D eigenvalue weighted by molar-refractivity contribution is 8.13. The number of ether oxygens (including phenoxy) is 1. The molecular formula is C19H21NO2S. The molecule has 0 bridgehead atoms. The van der Waals surface area contributed by atoms with E-state index in [-0.39, 0.29) is 11.2 Å². The van der Waals surface area contributed by atoms with Gasteiger partial charge in [0.05, 0.1) is 13.2 Å². The molecule has 1 fully saturated rings. The first kappa shape index (κ1) is 16.2. The summed E-state index contributed by atoms with van der Waals surface area (Å²) in [6, 6.07) is 20.0. The van der Waals surface area contributed by atoms with E-state index < -0.39 is 0 Å². The highest BCUT2D eigenvalue weighted by atomic mass is 32.2. The van der Waals surface area contributed by atoms with Gasteiger partial charge in [-0.1, -0.05) is 72.4 Å². The normalized spacial score (nSPS) is 16.9. The molecule has 1 unspecified atom stereocenters. The molecular weight excluding hydrogens is 306 g/mol. The Morgan fingerprint density at radius 3 is 2.26 bits per heavy atom. The van der Waals surface area contributed by atoms with Crippen molar-refractivity contribution in [3.63, 3.8) is 0 Å². The van der Waals surface area contributed by atoms with E-state index in [1.165, 1.54) is 17.3 Å². The second-order valence-corrected chi connectivity index (χ2v) is 6.53. The number of carbonyl (C=O) groups excluding carboxylic acids is 1. The van der Waals surface area contributed by atoms with Gasteiger partial charge in [0.2, 0.25) is 5.12 Å². The fourth-order valence-electron chi connectivity index (χ4n) is 2.77. The summed E-state index contributed by atoms with van der Waals surface area (Å²) >= 11 is 1.40. The van der Waals surface area contributed by atoms with Gasteiger partial charge in [-0.25, -0.2) is 0 Å². The van der Waals surface area contributed by atoms with E-state index >= 15 is 0 Å². The fourth-order valence-corrected chi connectivity index (χ4v) is 3.72. The number of benzene rings is 2. The smallest absolute Gasteiger partial charge is 0.210 e. The molecule has 0 N–H and O–H groups in total. The lowest BCUT2D eigenvalue weighted by atomic mass is 10.1. The van der Waals surface area contributed by atoms with Gasteiger partial charge in [0, 0.05) is 18.8 Å². The van der Waals surface area contributed by atoms with Gasteiger partial charge in [0.1, 0.15) is 6.04 Å². The number of carbonyl (C=O) groups is 1. The molecule has 0 radical (unpaired) electrons. The third kappa shape index (κ3) is 4.44. The molecule has 0 amide bonds. The molecule has 23 heavy (non-hydrogen) atoms. The standard InChI is InChI=1S/C19H21NO2S/c21-19(23-15-16-7-3-1-4-8-16)18(17-9-5-2-6-10-17)20-11-13-22-14-12-20/h1-10,18H,11-15H2. The Kier molecular flexibility index (Phi) is 5.86. The largest absolute Gasteiger partial charge is 0.379 e. The third-order valence-electron chi connectivity index (χ3n) is 3.97. The summed E-state index contributed by atoms with van der Waals surface area (Å²) in [5.74, 6) is 0.716. The van der Waals surface area contributed by atoms with E-state index in [9.17, 15) is 4.79 Å². The Labute approximate surface area is 141 Å². The highest BCUT2D eigenvalue weighted by Gasteiger charge is 2.29. The van der Waals surface area contributed by atoms with Crippen LogP contribution in [0.5, 0.6) is 0 Å². The predicted molar refractivity (Wildman–Crippen MR) is 94.3 cm³/mol. The summed E-state index contributed by atoms with van der Waals surface area (Å²) in [5.41, 5.74) is 2.25. The van der Waals surface area contributed by atoms with Crippen LogP contribution in [-0.2, 0) is 15.3 Å². The second-order valence-electron chi connectivity index (χ2n) is 5.55. The zero-order valence-electron chi connectivity index (χ0n) is 13.1. The Hall–Kier alpha value is -1.62. The zero-order valence-corrected chi connectivity index (χ0v) is 13.9. The number of nitrogens with zero attached hydrogens (tertiary/aromatic N) is 1. The van der Waals surface area contributed by atoms with Gasteiger partial charge >= 0.3 is 0 Å². The van der Waals surface area contributed by atoms with Crippen molar-refractivity contribution in [1.29, 1.82) is 0 Å². The van der Waals surface area contributed by atoms with Crippen LogP contribution in [0.3, 0.4) is 0 Å². The van der Waals surface area contributed by atoms with E-state index in [1.807, 2.05) is 48.5 Å². The van der Waals surface area contributed by atoms with Crippen LogP contribution in [0.4, 0.5) is 0 Å². The van der Waals surface area contributed by atoms with Crippen molar-refractivity contribution >= 4 is 16.9 Å². The average Bonchev–Trinajstić information content (AvgIpc) is 2.63. The van der Waals surface area contributed by atoms with E-state index in [2.05, 4.69) is 17.0 Å². The van der Waals surface area contributed by atoms with E-state index in [0.717, 1.165) is 18.7 Å². The summed E-state index contributed by atoms with van der Waals surface area (Å²) in [7, 11) is 0. The van der Waals surface area contributed by atoms with Crippen molar-refractivity contribution < 1.29 is 9.53 Å². The SMILES string of the molecule is O=C(SCc1ccccc1)C(c1ccccc1)N1CCOCC1. The van der Waals surface area contributed by atoms with Crippen LogP contribution in [-0.4, -0.2) is 36.3 Å². The average molecular weight is 327 g/mol. The molecule has 0 saturated carbocycles. The Morgan fingerprint density at radius 1 is 1.00 bits per heavy atom. The van der Waals surface area contributed by atoms with Crippen LogP contribution >= 0.6 is 11.8 Å². The Balaban J connectivity index is 1.73. The minimum absolute atomic E-state index is 0.186. The van der Waals surface area contributed by atoms with Crippen molar-refractivity contribution in [2.24, 2.45) is 0 Å². The first-order valence-corrected chi connectivity index (χ1v) is 8.90. The molecule has 0 aromatic heterocycles. The second kappa shape index (κ2) is 8.29. The summed E-state index contributed by atoms with van der Waals surface area (Å²) in [6.45, 7) is 2.99. The van der Waals surface area contributed by atoms with Crippen molar-refractivity contribution in [3.05, 3.63) is 71.8 Å². The van der Waals surface area contributed by atoms with Crippen LogP contribution in [0.25, 0.3) is 0 Å². The van der Waals surface area contributed by atoms with E-state index in [0.29, 0.717) is 19.0 Å². The first-order valence-electron chi connectivity index (χ1n) is 7.92. The number of hydrogen-bond donors (Lipinski definition) is 0. The molecule has 2 aromatic rings. The van der Waals surface area contributed by atoms with Crippen LogP contribution < -0.4 is 0 Å². The maximum atomic E-state index is 12.9. The number of thioether (sulfide) groups is 1. The lowest BCUT2D eigenvalue weighted by Gasteiger charge is -2.33. The molecule has 1 heterocycles. The molecule has 1 atom stereocenters. The van der Waals surface area contributed by atoms with Crippen molar-refractivity contribution in [2.45, 2.75) is 11.8 Å². The van der Waals surface area contributed by atoms with Gasteiger partial charge in [-0.3, -0.25) is 9.69 Å². The first-order chi connectivity index (χ1) is 11.3. The molecule has 120 valence electrons. The Morgan fingerprint density at radius 2 is 1.61 bits per heavy atom. The van der Waals surface area contributed by atoms with Crippen LogP contribution in [0, 0.1) is 0 Å². The Bertz CT molecular complexity index is 612. The maximum Gasteiger partial charge on any atom is 0.210 e. The number of hydrogen-bond acceptors (Lipinski definition) is 4. The van der Waals surface area contributed by atoms with Gasteiger partial charge in [-0.05, 0) is 11.1 Å². The summed E-state index contributed by atoms with van der Waals surface area (Å²) in [6.07, 6.45) is 0. The lowest BCUT2D eigenvalue weighted by Crippen LogP contribution is -2.41. The van der Waals surface area contributed by atoms with Crippen molar-refractivity contribution in [2.75, 3.05) is 26.3 Å². The molecule has 1 saturated heterocycles. The topological polar surface area (TPSA) is 29.5 Å². The van der Waals surface area contributed by atoms with Gasteiger partial charge < -0.3 is 4.74 Å².